The number of nitrogens with zero attached hydrogens (tertiary/aromatic N) is 1. The number of aromatic nitrogens is 1. The fourth-order valence-corrected chi connectivity index (χ4v) is 3.60. The molecule has 1 N–H and O–H groups in total. The number of piperidine rings is 1. The summed E-state index contributed by atoms with van der Waals surface area (Å²) < 4.78 is 1.25. The van der Waals surface area contributed by atoms with E-state index in [1.54, 1.807) is 0 Å². The van der Waals surface area contributed by atoms with Gasteiger partial charge in [-0.25, -0.2) is 4.98 Å². The Kier molecular flexibility index (Phi) is 3.32. The van der Waals surface area contributed by atoms with Crippen LogP contribution in [0.1, 0.15) is 17.8 Å². The number of rotatable bonds is 2. The van der Waals surface area contributed by atoms with Crippen molar-refractivity contribution in [1.29, 1.82) is 0 Å². The lowest BCUT2D eigenvalue weighted by molar-refractivity contribution is 0.372. The third-order valence-electron chi connectivity index (χ3n) is 3.32. The summed E-state index contributed by atoms with van der Waals surface area (Å²) in [7, 11) is 0. The second-order valence-corrected chi connectivity index (χ2v) is 6.17. The number of benzene rings is 1. The van der Waals surface area contributed by atoms with Gasteiger partial charge in [-0.05, 0) is 50.0 Å². The van der Waals surface area contributed by atoms with Crippen LogP contribution in [0.15, 0.2) is 18.2 Å². The zero-order chi connectivity index (χ0) is 11.7. The smallest absolute Gasteiger partial charge is 0.0941 e. The fraction of sp³-hybridized carbons (Fsp3) is 0.462. The number of thiazole rings is 1. The van der Waals surface area contributed by atoms with Crippen LogP contribution in [-0.4, -0.2) is 18.1 Å². The van der Waals surface area contributed by atoms with E-state index in [0.717, 1.165) is 36.0 Å². The molecule has 0 atom stereocenters. The highest BCUT2D eigenvalue weighted by molar-refractivity contribution is 7.18. The molecule has 0 spiro atoms. The van der Waals surface area contributed by atoms with Crippen molar-refractivity contribution in [2.45, 2.75) is 19.3 Å². The average molecular weight is 267 g/mol. The molecule has 90 valence electrons. The third kappa shape index (κ3) is 2.62. The van der Waals surface area contributed by atoms with Gasteiger partial charge in [-0.15, -0.1) is 11.3 Å². The van der Waals surface area contributed by atoms with Gasteiger partial charge in [0.2, 0.25) is 0 Å². The Bertz CT molecular complexity index is 517. The van der Waals surface area contributed by atoms with Crippen LogP contribution in [0.4, 0.5) is 0 Å². The predicted molar refractivity (Wildman–Crippen MR) is 73.9 cm³/mol. The second-order valence-electron chi connectivity index (χ2n) is 4.62. The Labute approximate surface area is 110 Å². The molecule has 2 aromatic rings. The highest BCUT2D eigenvalue weighted by Crippen LogP contribution is 2.28. The van der Waals surface area contributed by atoms with Gasteiger partial charge in [-0.2, -0.15) is 0 Å². The van der Waals surface area contributed by atoms with Gasteiger partial charge in [0.1, 0.15) is 0 Å². The Hall–Kier alpha value is -0.640. The molecule has 3 rings (SSSR count). The van der Waals surface area contributed by atoms with E-state index in [9.17, 15) is 0 Å². The molecule has 0 amide bonds. The Balaban J connectivity index is 1.80. The molecule has 0 aliphatic carbocycles. The molecule has 4 heteroatoms. The highest BCUT2D eigenvalue weighted by atomic mass is 35.5. The standard InChI is InChI=1S/C13H15ClN2S/c14-10-1-2-12-11(8-10)16-13(17-12)7-9-3-5-15-6-4-9/h1-2,8-9,15H,3-7H2. The zero-order valence-electron chi connectivity index (χ0n) is 9.58. The van der Waals surface area contributed by atoms with Gasteiger partial charge in [0.15, 0.2) is 0 Å². The molecule has 1 aromatic carbocycles. The maximum absolute atomic E-state index is 5.98. The summed E-state index contributed by atoms with van der Waals surface area (Å²) in [5, 5.41) is 5.43. The van der Waals surface area contributed by atoms with Crippen LogP contribution >= 0.6 is 22.9 Å². The van der Waals surface area contributed by atoms with Gasteiger partial charge in [0, 0.05) is 11.4 Å². The Morgan fingerprint density at radius 1 is 1.35 bits per heavy atom. The number of fused-ring (bicyclic) bond motifs is 1. The Morgan fingerprint density at radius 2 is 2.18 bits per heavy atom. The van der Waals surface area contributed by atoms with E-state index in [1.165, 1.54) is 22.5 Å². The van der Waals surface area contributed by atoms with Gasteiger partial charge in [0.25, 0.3) is 0 Å². The van der Waals surface area contributed by atoms with Crippen molar-refractivity contribution in [3.63, 3.8) is 0 Å². The van der Waals surface area contributed by atoms with E-state index < -0.39 is 0 Å². The van der Waals surface area contributed by atoms with E-state index in [1.807, 2.05) is 23.5 Å². The van der Waals surface area contributed by atoms with E-state index in [0.29, 0.717) is 0 Å². The second kappa shape index (κ2) is 4.92. The topological polar surface area (TPSA) is 24.9 Å². The number of hydrogen-bond donors (Lipinski definition) is 1. The summed E-state index contributed by atoms with van der Waals surface area (Å²) >= 11 is 7.79. The summed E-state index contributed by atoms with van der Waals surface area (Å²) in [6, 6.07) is 5.97. The Morgan fingerprint density at radius 3 is 3.00 bits per heavy atom. The molecule has 1 aliphatic rings. The largest absolute Gasteiger partial charge is 0.317 e. The molecule has 0 unspecified atom stereocenters. The maximum Gasteiger partial charge on any atom is 0.0941 e. The molecule has 17 heavy (non-hydrogen) atoms. The fourth-order valence-electron chi connectivity index (χ4n) is 2.37. The van der Waals surface area contributed by atoms with E-state index >= 15 is 0 Å². The van der Waals surface area contributed by atoms with Gasteiger partial charge in [0.05, 0.1) is 15.2 Å². The van der Waals surface area contributed by atoms with Crippen molar-refractivity contribution in [2.24, 2.45) is 5.92 Å². The van der Waals surface area contributed by atoms with Gasteiger partial charge in [-0.3, -0.25) is 0 Å². The van der Waals surface area contributed by atoms with Crippen molar-refractivity contribution < 1.29 is 0 Å². The summed E-state index contributed by atoms with van der Waals surface area (Å²) in [4.78, 5) is 4.68. The predicted octanol–water partition coefficient (Wildman–Crippen LogP) is 3.49. The van der Waals surface area contributed by atoms with E-state index in [4.69, 9.17) is 11.6 Å². The molecule has 0 radical (unpaired) electrons. The molecule has 2 nitrogen and oxygen atoms in total. The quantitative estimate of drug-likeness (QED) is 0.900. The zero-order valence-corrected chi connectivity index (χ0v) is 11.2. The average Bonchev–Trinajstić information content (AvgIpc) is 2.71. The number of hydrogen-bond acceptors (Lipinski definition) is 3. The first kappa shape index (κ1) is 11.5. The number of nitrogens with one attached hydrogen (secondary N) is 1. The van der Waals surface area contributed by atoms with Crippen molar-refractivity contribution in [3.05, 3.63) is 28.2 Å². The normalized spacial score (nSPS) is 17.7. The molecule has 1 fully saturated rings. The number of halogens is 1. The van der Waals surface area contributed by atoms with Crippen molar-refractivity contribution in [3.8, 4) is 0 Å². The summed E-state index contributed by atoms with van der Waals surface area (Å²) in [5.74, 6) is 0.798. The minimum absolute atomic E-state index is 0.774. The molecule has 0 bridgehead atoms. The molecule has 2 heterocycles. The van der Waals surface area contributed by atoms with E-state index in [2.05, 4.69) is 16.4 Å². The minimum atomic E-state index is 0.774. The summed E-state index contributed by atoms with van der Waals surface area (Å²) in [6.45, 7) is 2.31. The SMILES string of the molecule is Clc1ccc2sc(CC3CCNCC3)nc2c1. The van der Waals surface area contributed by atoms with Crippen LogP contribution in [0.3, 0.4) is 0 Å². The molecule has 0 saturated carbocycles. The highest BCUT2D eigenvalue weighted by Gasteiger charge is 2.15. The monoisotopic (exact) mass is 266 g/mol. The minimum Gasteiger partial charge on any atom is -0.317 e. The molecular formula is C13H15ClN2S. The van der Waals surface area contributed by atoms with Crippen LogP contribution < -0.4 is 5.32 Å². The lowest BCUT2D eigenvalue weighted by Gasteiger charge is -2.21. The molecular weight excluding hydrogens is 252 g/mol. The van der Waals surface area contributed by atoms with Crippen LogP contribution in [0.2, 0.25) is 5.02 Å². The van der Waals surface area contributed by atoms with E-state index in [-0.39, 0.29) is 0 Å². The van der Waals surface area contributed by atoms with Crippen LogP contribution in [0.25, 0.3) is 10.2 Å². The van der Waals surface area contributed by atoms with Gasteiger partial charge < -0.3 is 5.32 Å². The van der Waals surface area contributed by atoms with Gasteiger partial charge >= 0.3 is 0 Å². The summed E-state index contributed by atoms with van der Waals surface area (Å²) in [5.41, 5.74) is 1.05. The van der Waals surface area contributed by atoms with Crippen molar-refractivity contribution >= 4 is 33.2 Å². The molecule has 1 aromatic heterocycles. The van der Waals surface area contributed by atoms with Crippen LogP contribution in [-0.2, 0) is 6.42 Å². The first-order valence-electron chi connectivity index (χ1n) is 6.07. The first-order valence-corrected chi connectivity index (χ1v) is 7.26. The lowest BCUT2D eigenvalue weighted by atomic mass is 9.95. The van der Waals surface area contributed by atoms with Crippen molar-refractivity contribution in [1.82, 2.24) is 10.3 Å². The van der Waals surface area contributed by atoms with Gasteiger partial charge in [-0.1, -0.05) is 11.6 Å². The van der Waals surface area contributed by atoms with Crippen molar-refractivity contribution in [2.75, 3.05) is 13.1 Å². The van der Waals surface area contributed by atoms with Crippen LogP contribution in [0, 0.1) is 5.92 Å². The third-order valence-corrected chi connectivity index (χ3v) is 4.61. The summed E-state index contributed by atoms with van der Waals surface area (Å²) in [6.07, 6.45) is 3.67. The lowest BCUT2D eigenvalue weighted by Crippen LogP contribution is -2.28. The maximum atomic E-state index is 5.98. The van der Waals surface area contributed by atoms with Crippen LogP contribution in [0.5, 0.6) is 0 Å². The molecule has 1 saturated heterocycles. The first-order chi connectivity index (χ1) is 8.31. The molecule has 1 aliphatic heterocycles.